The highest BCUT2D eigenvalue weighted by atomic mass is 15.3. The van der Waals surface area contributed by atoms with Crippen LogP contribution in [0.4, 0.5) is 0 Å². The fourth-order valence-corrected chi connectivity index (χ4v) is 6.48. The average Bonchev–Trinajstić information content (AvgIpc) is 3.29. The van der Waals surface area contributed by atoms with Crippen LogP contribution in [-0.2, 0) is 0 Å². The number of rotatable bonds is 7. The Labute approximate surface area is 162 Å². The molecule has 3 heterocycles. The summed E-state index contributed by atoms with van der Waals surface area (Å²) in [6.07, 6.45) is 10.4. The molecule has 150 valence electrons. The van der Waals surface area contributed by atoms with Gasteiger partial charge < -0.3 is 4.90 Å². The van der Waals surface area contributed by atoms with Crippen LogP contribution in [0.3, 0.4) is 0 Å². The van der Waals surface area contributed by atoms with Crippen molar-refractivity contribution in [3.63, 3.8) is 0 Å². The van der Waals surface area contributed by atoms with E-state index in [2.05, 4.69) is 42.4 Å². The van der Waals surface area contributed by atoms with Crippen LogP contribution in [0.5, 0.6) is 0 Å². The van der Waals surface area contributed by atoms with E-state index in [0.29, 0.717) is 0 Å². The molecule has 3 nitrogen and oxygen atoms in total. The molecule has 0 unspecified atom stereocenters. The number of piperazine rings is 1. The van der Waals surface area contributed by atoms with Crippen LogP contribution in [-0.4, -0.2) is 72.1 Å². The Bertz CT molecular complexity index is 448. The molecular formula is C23H43N3. The molecule has 0 spiro atoms. The predicted molar refractivity (Wildman–Crippen MR) is 111 cm³/mol. The first-order valence-corrected chi connectivity index (χ1v) is 11.7. The standard InChI is InChI=1S/C23H43N3/c1-18(2)15-23(7-8-23)17-26-21-5-6-22(26)14-20(13-21)16-24-9-11-25(12-10-24)19(3)4/h18-22H,5-17H2,1-4H3/t20-,21-,22+. The third-order valence-corrected chi connectivity index (χ3v) is 7.95. The van der Waals surface area contributed by atoms with Crippen molar-refractivity contribution in [1.82, 2.24) is 14.7 Å². The van der Waals surface area contributed by atoms with E-state index < -0.39 is 0 Å². The maximum Gasteiger partial charge on any atom is 0.0113 e. The second kappa shape index (κ2) is 7.72. The fourth-order valence-electron chi connectivity index (χ4n) is 6.48. The first-order chi connectivity index (χ1) is 12.4. The Morgan fingerprint density at radius 2 is 1.50 bits per heavy atom. The van der Waals surface area contributed by atoms with E-state index in [4.69, 9.17) is 0 Å². The molecule has 3 aliphatic heterocycles. The Hall–Kier alpha value is -0.120. The van der Waals surface area contributed by atoms with Gasteiger partial charge in [0.05, 0.1) is 0 Å². The van der Waals surface area contributed by atoms with Crippen molar-refractivity contribution in [2.24, 2.45) is 17.3 Å². The zero-order valence-electron chi connectivity index (χ0n) is 17.9. The van der Waals surface area contributed by atoms with Crippen LogP contribution in [0.2, 0.25) is 0 Å². The summed E-state index contributed by atoms with van der Waals surface area (Å²) in [5.41, 5.74) is 0.717. The van der Waals surface area contributed by atoms with Gasteiger partial charge in [0, 0.05) is 57.4 Å². The number of hydrogen-bond donors (Lipinski definition) is 0. The third kappa shape index (κ3) is 4.31. The molecule has 3 heteroatoms. The molecule has 4 rings (SSSR count). The lowest BCUT2D eigenvalue weighted by Crippen LogP contribution is -2.52. The molecule has 0 N–H and O–H groups in total. The van der Waals surface area contributed by atoms with E-state index in [1.165, 1.54) is 84.2 Å². The van der Waals surface area contributed by atoms with Crippen molar-refractivity contribution in [3.8, 4) is 0 Å². The maximum absolute atomic E-state index is 2.99. The van der Waals surface area contributed by atoms with Crippen molar-refractivity contribution in [3.05, 3.63) is 0 Å². The van der Waals surface area contributed by atoms with Crippen LogP contribution in [0.1, 0.15) is 72.6 Å². The lowest BCUT2D eigenvalue weighted by molar-refractivity contribution is 0.0455. The molecule has 3 saturated heterocycles. The molecule has 0 aromatic rings. The molecule has 2 bridgehead atoms. The summed E-state index contributed by atoms with van der Waals surface area (Å²) in [6, 6.07) is 2.55. The molecule has 26 heavy (non-hydrogen) atoms. The second-order valence-corrected chi connectivity index (χ2v) is 10.9. The monoisotopic (exact) mass is 361 g/mol. The SMILES string of the molecule is CC(C)CC1(CN2[C@@H]3CC[C@H]2C[C@H](CN2CCN(C(C)C)CC2)C3)CC1. The van der Waals surface area contributed by atoms with Gasteiger partial charge in [-0.05, 0) is 76.0 Å². The Morgan fingerprint density at radius 3 is 2.00 bits per heavy atom. The number of piperidine rings is 1. The molecular weight excluding hydrogens is 318 g/mol. The fraction of sp³-hybridized carbons (Fsp3) is 1.00. The minimum Gasteiger partial charge on any atom is -0.301 e. The van der Waals surface area contributed by atoms with Crippen LogP contribution in [0, 0.1) is 17.3 Å². The maximum atomic E-state index is 2.99. The van der Waals surface area contributed by atoms with Gasteiger partial charge in [-0.2, -0.15) is 0 Å². The van der Waals surface area contributed by atoms with Crippen LogP contribution < -0.4 is 0 Å². The van der Waals surface area contributed by atoms with Crippen molar-refractivity contribution < 1.29 is 0 Å². The molecule has 0 aromatic heterocycles. The van der Waals surface area contributed by atoms with Crippen LogP contribution in [0.15, 0.2) is 0 Å². The number of nitrogens with zero attached hydrogens (tertiary/aromatic N) is 3. The molecule has 4 aliphatic rings. The van der Waals surface area contributed by atoms with Gasteiger partial charge in [0.15, 0.2) is 0 Å². The predicted octanol–water partition coefficient (Wildman–Crippen LogP) is 4.08. The van der Waals surface area contributed by atoms with Crippen LogP contribution in [0.25, 0.3) is 0 Å². The van der Waals surface area contributed by atoms with Crippen molar-refractivity contribution in [2.75, 3.05) is 39.3 Å². The highest BCUT2D eigenvalue weighted by Crippen LogP contribution is 2.53. The zero-order chi connectivity index (χ0) is 18.3. The van der Waals surface area contributed by atoms with Gasteiger partial charge in [0.2, 0.25) is 0 Å². The summed E-state index contributed by atoms with van der Waals surface area (Å²) < 4.78 is 0. The lowest BCUT2D eigenvalue weighted by Gasteiger charge is -2.44. The van der Waals surface area contributed by atoms with Crippen molar-refractivity contribution >= 4 is 0 Å². The summed E-state index contributed by atoms with van der Waals surface area (Å²) in [5, 5.41) is 0. The van der Waals surface area contributed by atoms with E-state index in [-0.39, 0.29) is 0 Å². The van der Waals surface area contributed by atoms with E-state index in [0.717, 1.165) is 35.4 Å². The van der Waals surface area contributed by atoms with Gasteiger partial charge in [0.1, 0.15) is 0 Å². The first kappa shape index (κ1) is 19.2. The van der Waals surface area contributed by atoms with Crippen LogP contribution >= 0.6 is 0 Å². The topological polar surface area (TPSA) is 9.72 Å². The normalized spacial score (nSPS) is 35.5. The Kier molecular flexibility index (Phi) is 5.70. The molecule has 0 aromatic carbocycles. The molecule has 1 aliphatic carbocycles. The largest absolute Gasteiger partial charge is 0.301 e. The van der Waals surface area contributed by atoms with Gasteiger partial charge in [-0.3, -0.25) is 9.80 Å². The van der Waals surface area contributed by atoms with Gasteiger partial charge in [-0.25, -0.2) is 0 Å². The minimum absolute atomic E-state index is 0.717. The summed E-state index contributed by atoms with van der Waals surface area (Å²) in [6.45, 7) is 17.5. The molecule has 4 fully saturated rings. The lowest BCUT2D eigenvalue weighted by atomic mass is 9.87. The van der Waals surface area contributed by atoms with Gasteiger partial charge in [0.25, 0.3) is 0 Å². The highest BCUT2D eigenvalue weighted by molar-refractivity contribution is 5.03. The Morgan fingerprint density at radius 1 is 0.885 bits per heavy atom. The molecule has 1 saturated carbocycles. The Balaban J connectivity index is 1.26. The van der Waals surface area contributed by atoms with Gasteiger partial charge >= 0.3 is 0 Å². The van der Waals surface area contributed by atoms with Crippen molar-refractivity contribution in [1.29, 1.82) is 0 Å². The highest BCUT2D eigenvalue weighted by Gasteiger charge is 2.49. The van der Waals surface area contributed by atoms with Gasteiger partial charge in [-0.1, -0.05) is 13.8 Å². The molecule has 0 radical (unpaired) electrons. The zero-order valence-corrected chi connectivity index (χ0v) is 17.9. The number of fused-ring (bicyclic) bond motifs is 2. The molecule has 3 atom stereocenters. The third-order valence-electron chi connectivity index (χ3n) is 7.95. The summed E-state index contributed by atoms with van der Waals surface area (Å²) in [7, 11) is 0. The summed E-state index contributed by atoms with van der Waals surface area (Å²) >= 11 is 0. The van der Waals surface area contributed by atoms with E-state index in [1.54, 1.807) is 0 Å². The number of hydrogen-bond acceptors (Lipinski definition) is 3. The van der Waals surface area contributed by atoms with E-state index in [9.17, 15) is 0 Å². The van der Waals surface area contributed by atoms with Gasteiger partial charge in [-0.15, -0.1) is 0 Å². The quantitative estimate of drug-likeness (QED) is 0.676. The second-order valence-electron chi connectivity index (χ2n) is 10.9. The average molecular weight is 362 g/mol. The first-order valence-electron chi connectivity index (χ1n) is 11.7. The summed E-state index contributed by atoms with van der Waals surface area (Å²) in [5.74, 6) is 1.84. The summed E-state index contributed by atoms with van der Waals surface area (Å²) in [4.78, 5) is 8.41. The minimum atomic E-state index is 0.717. The smallest absolute Gasteiger partial charge is 0.0113 e. The van der Waals surface area contributed by atoms with E-state index in [1.807, 2.05) is 0 Å². The van der Waals surface area contributed by atoms with E-state index >= 15 is 0 Å². The van der Waals surface area contributed by atoms with Crippen molar-refractivity contribution in [2.45, 2.75) is 90.8 Å². The molecule has 0 amide bonds.